The lowest BCUT2D eigenvalue weighted by atomic mass is 10.0. The zero-order chi connectivity index (χ0) is 32.5. The number of carbonyl (C=O) groups excluding carboxylic acids is 1. The van der Waals surface area contributed by atoms with Crippen LogP contribution in [0.4, 0.5) is 37.3 Å². The summed E-state index contributed by atoms with van der Waals surface area (Å²) in [5.41, 5.74) is -0.799. The number of fused-ring (bicyclic) bond motifs is 1. The van der Waals surface area contributed by atoms with E-state index in [4.69, 9.17) is 11.6 Å². The van der Waals surface area contributed by atoms with Gasteiger partial charge in [0.1, 0.15) is 10.7 Å². The number of aromatic carboxylic acids is 1. The number of aromatic hydroxyl groups is 1. The minimum absolute atomic E-state index is 0.127. The summed E-state index contributed by atoms with van der Waals surface area (Å²) in [6.07, 6.45) is -1.48. The Morgan fingerprint density at radius 2 is 1.64 bits per heavy atom. The van der Waals surface area contributed by atoms with Crippen molar-refractivity contribution in [1.29, 1.82) is 0 Å². The predicted octanol–water partition coefficient (Wildman–Crippen LogP) is 6.62. The third-order valence-electron chi connectivity index (χ3n) is 6.11. The van der Waals surface area contributed by atoms with Gasteiger partial charge in [-0.25, -0.2) is 4.79 Å². The van der Waals surface area contributed by atoms with Crippen LogP contribution in [-0.4, -0.2) is 45.0 Å². The Balaban J connectivity index is 1.63. The zero-order valence-corrected chi connectivity index (χ0v) is 23.8. The fraction of sp³-hybridized carbons (Fsp3) is 0. The topological polar surface area (TPSA) is 204 Å². The van der Waals surface area contributed by atoms with Gasteiger partial charge >= 0.3 is 12.0 Å². The number of carbonyl (C=O) groups is 2. The fourth-order valence-electron chi connectivity index (χ4n) is 4.09. The van der Waals surface area contributed by atoms with Gasteiger partial charge in [-0.05, 0) is 53.9 Å². The number of nitrogens with one attached hydrogen (secondary N) is 2. The number of rotatable bonds is 8. The number of halogens is 3. The van der Waals surface area contributed by atoms with Gasteiger partial charge in [0.25, 0.3) is 16.0 Å². The van der Waals surface area contributed by atoms with Crippen molar-refractivity contribution in [2.45, 2.75) is 4.90 Å². The minimum atomic E-state index is -4.87. The van der Waals surface area contributed by atoms with Gasteiger partial charge in [-0.2, -0.15) is 32.3 Å². The van der Waals surface area contributed by atoms with E-state index in [1.165, 1.54) is 24.3 Å². The first-order chi connectivity index (χ1) is 21.3. The predicted molar refractivity (Wildman–Crippen MR) is 158 cm³/mol. The molecule has 228 valence electrons. The van der Waals surface area contributed by atoms with Crippen molar-refractivity contribution in [1.82, 2.24) is 9.97 Å². The van der Waals surface area contributed by atoms with Crippen LogP contribution in [0.25, 0.3) is 10.8 Å². The molecule has 0 bridgehead atoms. The lowest BCUT2D eigenvalue weighted by Crippen LogP contribution is -2.12. The number of para-hydroxylation sites is 1. The number of anilines is 3. The molecule has 0 aliphatic carbocycles. The van der Waals surface area contributed by atoms with E-state index in [0.29, 0.717) is 5.69 Å². The van der Waals surface area contributed by atoms with Crippen LogP contribution >= 0.6 is 11.6 Å². The second-order valence-corrected chi connectivity index (χ2v) is 10.9. The lowest BCUT2D eigenvalue weighted by Gasteiger charge is -2.12. The van der Waals surface area contributed by atoms with E-state index in [-0.39, 0.29) is 39.0 Å². The molecule has 0 atom stereocenters. The van der Waals surface area contributed by atoms with Gasteiger partial charge in [-0.1, -0.05) is 35.9 Å². The molecule has 0 aliphatic rings. The first-order valence-corrected chi connectivity index (χ1v) is 14.2. The summed E-state index contributed by atoms with van der Waals surface area (Å²) in [5.74, 6) is -4.65. The SMILES string of the molecule is O=C(O)c1ccc2c(N=Nc3cc(Nc4nc(F)nc(F)c4Cl)cc(S(=O)(=O)O)c3)c(O)c(C(=O)Nc3ccccc3)cc2c1. The molecule has 0 unspecified atom stereocenters. The molecular formula is C28H17ClF2N6O7S. The third-order valence-corrected chi connectivity index (χ3v) is 7.28. The Labute approximate surface area is 256 Å². The van der Waals surface area contributed by atoms with Crippen molar-refractivity contribution in [3.05, 3.63) is 101 Å². The van der Waals surface area contributed by atoms with Crippen LogP contribution in [0.3, 0.4) is 0 Å². The van der Waals surface area contributed by atoms with E-state index in [9.17, 15) is 41.6 Å². The van der Waals surface area contributed by atoms with E-state index in [1.54, 1.807) is 30.3 Å². The molecule has 0 fully saturated rings. The number of carboxylic acid groups (broad SMARTS) is 1. The van der Waals surface area contributed by atoms with Crippen molar-refractivity contribution in [2.75, 3.05) is 10.6 Å². The summed E-state index contributed by atoms with van der Waals surface area (Å²) in [5, 5.41) is 33.2. The molecule has 5 aromatic rings. The van der Waals surface area contributed by atoms with Crippen LogP contribution < -0.4 is 10.6 Å². The quantitative estimate of drug-likeness (QED) is 0.0523. The maximum Gasteiger partial charge on any atom is 0.335 e. The average molecular weight is 655 g/mol. The second kappa shape index (κ2) is 12.2. The Morgan fingerprint density at radius 1 is 0.911 bits per heavy atom. The number of aromatic nitrogens is 2. The molecule has 4 aromatic carbocycles. The molecule has 0 saturated carbocycles. The number of benzene rings is 4. The highest BCUT2D eigenvalue weighted by Gasteiger charge is 2.21. The zero-order valence-electron chi connectivity index (χ0n) is 22.2. The van der Waals surface area contributed by atoms with Crippen molar-refractivity contribution in [3.8, 4) is 5.75 Å². The normalized spacial score (nSPS) is 11.6. The van der Waals surface area contributed by atoms with Gasteiger partial charge in [0.15, 0.2) is 11.6 Å². The van der Waals surface area contributed by atoms with Crippen molar-refractivity contribution in [3.63, 3.8) is 0 Å². The van der Waals surface area contributed by atoms with Crippen LogP contribution in [0.2, 0.25) is 5.02 Å². The highest BCUT2D eigenvalue weighted by Crippen LogP contribution is 2.40. The molecule has 13 nitrogen and oxygen atoms in total. The Bertz CT molecular complexity index is 2150. The number of nitrogens with zero attached hydrogens (tertiary/aromatic N) is 4. The minimum Gasteiger partial charge on any atom is -0.505 e. The van der Waals surface area contributed by atoms with Crippen LogP contribution in [0.5, 0.6) is 5.75 Å². The molecule has 0 radical (unpaired) electrons. The summed E-state index contributed by atoms with van der Waals surface area (Å²) in [7, 11) is -4.87. The van der Waals surface area contributed by atoms with E-state index < -0.39 is 55.5 Å². The number of hydrogen-bond donors (Lipinski definition) is 5. The molecule has 5 rings (SSSR count). The van der Waals surface area contributed by atoms with Gasteiger partial charge in [-0.3, -0.25) is 9.35 Å². The molecule has 17 heteroatoms. The largest absolute Gasteiger partial charge is 0.505 e. The standard InChI is InChI=1S/C28H17ClF2N6O7S/c29-21-24(30)34-28(31)35-25(21)32-16-10-17(12-18(11-16)45(42,43)44)36-37-22-19-7-6-13(27(40)41)8-14(19)9-20(23(22)38)26(39)33-15-4-2-1-3-5-15/h1-12,38H,(H,33,39)(H,40,41)(H,32,34,35)(H,42,43,44). The number of carboxylic acids is 1. The van der Waals surface area contributed by atoms with Crippen LogP contribution in [-0.2, 0) is 10.1 Å². The highest BCUT2D eigenvalue weighted by molar-refractivity contribution is 7.85. The highest BCUT2D eigenvalue weighted by atomic mass is 35.5. The molecule has 0 aliphatic heterocycles. The molecule has 1 aromatic heterocycles. The van der Waals surface area contributed by atoms with Crippen LogP contribution in [0.1, 0.15) is 20.7 Å². The molecule has 0 spiro atoms. The van der Waals surface area contributed by atoms with Crippen LogP contribution in [0.15, 0.2) is 87.9 Å². The first kappa shape index (κ1) is 30.9. The molecule has 0 saturated heterocycles. The summed E-state index contributed by atoms with van der Waals surface area (Å²) in [6, 6.07) is 16.3. The lowest BCUT2D eigenvalue weighted by molar-refractivity contribution is 0.0696. The first-order valence-electron chi connectivity index (χ1n) is 12.4. The van der Waals surface area contributed by atoms with Gasteiger partial charge < -0.3 is 20.8 Å². The maximum absolute atomic E-state index is 13.8. The van der Waals surface area contributed by atoms with Crippen molar-refractivity contribution >= 4 is 72.9 Å². The number of azo groups is 1. The molecular weight excluding hydrogens is 638 g/mol. The summed E-state index contributed by atoms with van der Waals surface area (Å²) in [6.45, 7) is 0. The van der Waals surface area contributed by atoms with Crippen LogP contribution in [0, 0.1) is 12.0 Å². The monoisotopic (exact) mass is 654 g/mol. The van der Waals surface area contributed by atoms with E-state index in [1.807, 2.05) is 0 Å². The second-order valence-electron chi connectivity index (χ2n) is 9.14. The number of amides is 1. The average Bonchev–Trinajstić information content (AvgIpc) is 2.98. The van der Waals surface area contributed by atoms with Gasteiger partial charge in [0.2, 0.25) is 5.95 Å². The summed E-state index contributed by atoms with van der Waals surface area (Å²) in [4.78, 5) is 30.2. The number of phenols is 1. The molecule has 5 N–H and O–H groups in total. The fourth-order valence-corrected chi connectivity index (χ4v) is 4.76. The Morgan fingerprint density at radius 3 is 2.33 bits per heavy atom. The van der Waals surface area contributed by atoms with Gasteiger partial charge in [0, 0.05) is 16.8 Å². The van der Waals surface area contributed by atoms with Gasteiger partial charge in [0.05, 0.1) is 21.7 Å². The number of hydrogen-bond acceptors (Lipinski definition) is 10. The van der Waals surface area contributed by atoms with Gasteiger partial charge in [-0.15, -0.1) is 5.11 Å². The van der Waals surface area contributed by atoms with E-state index in [0.717, 1.165) is 18.2 Å². The van der Waals surface area contributed by atoms with Crippen molar-refractivity contribution in [2.24, 2.45) is 10.2 Å². The molecule has 1 amide bonds. The molecule has 45 heavy (non-hydrogen) atoms. The third kappa shape index (κ3) is 6.82. The van der Waals surface area contributed by atoms with E-state index >= 15 is 0 Å². The summed E-state index contributed by atoms with van der Waals surface area (Å²) < 4.78 is 61.1. The molecule has 1 heterocycles. The Kier molecular flexibility index (Phi) is 8.36. The Hall–Kier alpha value is -5.58. The summed E-state index contributed by atoms with van der Waals surface area (Å²) >= 11 is 5.78. The van der Waals surface area contributed by atoms with Crippen molar-refractivity contribution < 1.29 is 41.6 Å². The maximum atomic E-state index is 13.8. The van der Waals surface area contributed by atoms with E-state index in [2.05, 4.69) is 30.8 Å². The smallest absolute Gasteiger partial charge is 0.335 e. The number of phenolic OH excluding ortho intramolecular Hbond substituents is 1.